The minimum atomic E-state index is -0.133. The lowest BCUT2D eigenvalue weighted by molar-refractivity contribution is 0.104. The molecule has 0 amide bonds. The molecule has 0 heterocycles. The summed E-state index contributed by atoms with van der Waals surface area (Å²) in [6, 6.07) is 12.6. The van der Waals surface area contributed by atoms with Gasteiger partial charge in [0.05, 0.1) is 5.70 Å². The van der Waals surface area contributed by atoms with E-state index in [9.17, 15) is 10.1 Å². The zero-order valence-electron chi connectivity index (χ0n) is 18.1. The van der Waals surface area contributed by atoms with E-state index in [1.807, 2.05) is 23.9 Å². The average Bonchev–Trinajstić information content (AvgIpc) is 2.82. The van der Waals surface area contributed by atoms with Gasteiger partial charge < -0.3 is 5.32 Å². The fourth-order valence-electron chi connectivity index (χ4n) is 5.55. The smallest absolute Gasteiger partial charge is 0.206 e. The Morgan fingerprint density at radius 3 is 2.42 bits per heavy atom. The molecule has 2 aromatic carbocycles. The van der Waals surface area contributed by atoms with Gasteiger partial charge in [-0.25, -0.2) is 0 Å². The molecule has 4 heteroatoms. The van der Waals surface area contributed by atoms with Crippen LogP contribution in [0.4, 0.5) is 0 Å². The number of benzene rings is 2. The molecule has 0 radical (unpaired) electrons. The SMILES string of the molecule is N#CC1=C(NCC2CCCCC2)c2ccc(SC3CCCCC3)c3cccc(c23)C1=O. The quantitative estimate of drug-likeness (QED) is 0.562. The van der Waals surface area contributed by atoms with Crippen LogP contribution < -0.4 is 5.32 Å². The van der Waals surface area contributed by atoms with Crippen LogP contribution in [0.15, 0.2) is 40.8 Å². The van der Waals surface area contributed by atoms with Crippen LogP contribution in [0.5, 0.6) is 0 Å². The van der Waals surface area contributed by atoms with Crippen molar-refractivity contribution in [3.8, 4) is 6.07 Å². The first-order valence-corrected chi connectivity index (χ1v) is 12.8. The van der Waals surface area contributed by atoms with Gasteiger partial charge in [-0.3, -0.25) is 4.79 Å². The molecule has 0 atom stereocenters. The summed E-state index contributed by atoms with van der Waals surface area (Å²) in [5.74, 6) is 0.497. The number of nitriles is 1. The lowest BCUT2D eigenvalue weighted by Crippen LogP contribution is -2.27. The van der Waals surface area contributed by atoms with Crippen molar-refractivity contribution in [2.75, 3.05) is 6.54 Å². The van der Waals surface area contributed by atoms with Gasteiger partial charge >= 0.3 is 0 Å². The number of carbonyl (C=O) groups is 1. The van der Waals surface area contributed by atoms with E-state index in [-0.39, 0.29) is 11.4 Å². The molecule has 5 rings (SSSR count). The maximum absolute atomic E-state index is 13.3. The molecule has 160 valence electrons. The highest BCUT2D eigenvalue weighted by Crippen LogP contribution is 2.42. The second kappa shape index (κ2) is 9.09. The fraction of sp³-hybridized carbons (Fsp3) is 0.481. The van der Waals surface area contributed by atoms with E-state index < -0.39 is 0 Å². The van der Waals surface area contributed by atoms with E-state index in [1.54, 1.807) is 0 Å². The monoisotopic (exact) mass is 430 g/mol. The molecule has 0 aromatic heterocycles. The van der Waals surface area contributed by atoms with Gasteiger partial charge in [-0.2, -0.15) is 5.26 Å². The third-order valence-corrected chi connectivity index (χ3v) is 8.66. The van der Waals surface area contributed by atoms with Crippen LogP contribution in [0.25, 0.3) is 16.5 Å². The number of nitrogens with one attached hydrogen (secondary N) is 1. The van der Waals surface area contributed by atoms with E-state index in [0.29, 0.717) is 16.7 Å². The minimum Gasteiger partial charge on any atom is -0.383 e. The Labute approximate surface area is 189 Å². The van der Waals surface area contributed by atoms with Crippen molar-refractivity contribution < 1.29 is 4.79 Å². The molecule has 0 unspecified atom stereocenters. The third-order valence-electron chi connectivity index (χ3n) is 7.24. The molecular weight excluding hydrogens is 400 g/mol. The Morgan fingerprint density at radius 1 is 0.935 bits per heavy atom. The number of allylic oxidation sites excluding steroid dienone is 1. The van der Waals surface area contributed by atoms with Crippen LogP contribution in [-0.2, 0) is 0 Å². The second-order valence-corrected chi connectivity index (χ2v) is 10.6. The Kier molecular flexibility index (Phi) is 6.05. The number of nitrogens with zero attached hydrogens (tertiary/aromatic N) is 1. The van der Waals surface area contributed by atoms with E-state index >= 15 is 0 Å². The van der Waals surface area contributed by atoms with Crippen LogP contribution in [0.1, 0.15) is 80.1 Å². The van der Waals surface area contributed by atoms with Gasteiger partial charge in [0.1, 0.15) is 11.6 Å². The molecular formula is C27H30N2OS. The van der Waals surface area contributed by atoms with Gasteiger partial charge in [-0.05, 0) is 43.1 Å². The Morgan fingerprint density at radius 2 is 1.68 bits per heavy atom. The summed E-state index contributed by atoms with van der Waals surface area (Å²) in [6.45, 7) is 0.843. The molecule has 2 aromatic rings. The third kappa shape index (κ3) is 4.01. The molecule has 2 fully saturated rings. The molecule has 1 N–H and O–H groups in total. The van der Waals surface area contributed by atoms with E-state index in [0.717, 1.165) is 28.6 Å². The van der Waals surface area contributed by atoms with Gasteiger partial charge in [-0.15, -0.1) is 11.8 Å². The van der Waals surface area contributed by atoms with E-state index in [1.165, 1.54) is 69.1 Å². The predicted molar refractivity (Wildman–Crippen MR) is 128 cm³/mol. The normalized spacial score (nSPS) is 20.2. The highest BCUT2D eigenvalue weighted by atomic mass is 32.2. The first-order chi connectivity index (χ1) is 15.3. The lowest BCUT2D eigenvalue weighted by Gasteiger charge is -2.27. The molecule has 31 heavy (non-hydrogen) atoms. The number of hydrogen-bond donors (Lipinski definition) is 1. The Bertz CT molecular complexity index is 1070. The molecule has 3 aliphatic carbocycles. The number of ketones is 1. The summed E-state index contributed by atoms with van der Waals surface area (Å²) in [5.41, 5.74) is 2.71. The van der Waals surface area contributed by atoms with Gasteiger partial charge in [-0.1, -0.05) is 62.8 Å². The molecule has 0 aliphatic heterocycles. The predicted octanol–water partition coefficient (Wildman–Crippen LogP) is 6.87. The lowest BCUT2D eigenvalue weighted by atomic mass is 9.85. The van der Waals surface area contributed by atoms with Gasteiger partial charge in [0.25, 0.3) is 0 Å². The zero-order valence-corrected chi connectivity index (χ0v) is 18.9. The van der Waals surface area contributed by atoms with Gasteiger partial charge in [0.15, 0.2) is 0 Å². The van der Waals surface area contributed by atoms with Crippen LogP contribution in [0.2, 0.25) is 0 Å². The first-order valence-electron chi connectivity index (χ1n) is 11.9. The van der Waals surface area contributed by atoms with Crippen molar-refractivity contribution in [2.24, 2.45) is 5.92 Å². The first kappa shape index (κ1) is 20.6. The molecule has 0 saturated heterocycles. The van der Waals surface area contributed by atoms with Crippen molar-refractivity contribution in [1.82, 2.24) is 5.32 Å². The Balaban J connectivity index is 1.53. The van der Waals surface area contributed by atoms with E-state index in [4.69, 9.17) is 0 Å². The summed E-state index contributed by atoms with van der Waals surface area (Å²) in [4.78, 5) is 14.5. The van der Waals surface area contributed by atoms with E-state index in [2.05, 4.69) is 29.6 Å². The fourth-order valence-corrected chi connectivity index (χ4v) is 6.93. The summed E-state index contributed by atoms with van der Waals surface area (Å²) < 4.78 is 0. The zero-order chi connectivity index (χ0) is 21.2. The summed E-state index contributed by atoms with van der Waals surface area (Å²) in [6.07, 6.45) is 12.9. The van der Waals surface area contributed by atoms with Crippen LogP contribution in [0.3, 0.4) is 0 Å². The summed E-state index contributed by atoms with van der Waals surface area (Å²) >= 11 is 1.98. The minimum absolute atomic E-state index is 0.133. The maximum Gasteiger partial charge on any atom is 0.206 e. The average molecular weight is 431 g/mol. The molecule has 0 spiro atoms. The van der Waals surface area contributed by atoms with Crippen molar-refractivity contribution in [2.45, 2.75) is 74.4 Å². The molecule has 0 bridgehead atoms. The highest BCUT2D eigenvalue weighted by Gasteiger charge is 2.29. The van der Waals surface area contributed by atoms with Crippen molar-refractivity contribution in [1.29, 1.82) is 5.26 Å². The molecule has 2 saturated carbocycles. The number of carbonyl (C=O) groups excluding carboxylic acids is 1. The van der Waals surface area contributed by atoms with Gasteiger partial charge in [0.2, 0.25) is 5.78 Å². The molecule has 3 nitrogen and oxygen atoms in total. The largest absolute Gasteiger partial charge is 0.383 e. The van der Waals surface area contributed by atoms with Crippen LogP contribution in [-0.4, -0.2) is 17.6 Å². The Hall–Kier alpha value is -2.25. The standard InChI is InChI=1S/C27H30N2OS/c28-16-23-26(29-17-18-8-3-1-4-9-18)21-14-15-24(31-19-10-5-2-6-11-19)20-12-7-13-22(25(20)21)27(23)30/h7,12-15,18-19,29H,1-6,8-11,17H2. The topological polar surface area (TPSA) is 52.9 Å². The molecule has 3 aliphatic rings. The second-order valence-electron chi connectivity index (χ2n) is 9.29. The summed E-state index contributed by atoms with van der Waals surface area (Å²) in [5, 5.41) is 16.3. The highest BCUT2D eigenvalue weighted by molar-refractivity contribution is 8.00. The number of Topliss-reactive ketones (excluding diaryl/α,β-unsaturated/α-hetero) is 1. The maximum atomic E-state index is 13.3. The van der Waals surface area contributed by atoms with Crippen molar-refractivity contribution >= 4 is 34.0 Å². The van der Waals surface area contributed by atoms with Crippen molar-refractivity contribution in [3.63, 3.8) is 0 Å². The number of hydrogen-bond acceptors (Lipinski definition) is 4. The van der Waals surface area contributed by atoms with Crippen LogP contribution in [0, 0.1) is 17.2 Å². The number of thioether (sulfide) groups is 1. The summed E-state index contributed by atoms with van der Waals surface area (Å²) in [7, 11) is 0. The number of rotatable bonds is 5. The van der Waals surface area contributed by atoms with Crippen LogP contribution >= 0.6 is 11.8 Å². The van der Waals surface area contributed by atoms with Gasteiger partial charge in [0, 0.05) is 33.2 Å². The van der Waals surface area contributed by atoms with Crippen molar-refractivity contribution in [3.05, 3.63) is 47.0 Å².